The van der Waals surface area contributed by atoms with Gasteiger partial charge in [-0.3, -0.25) is 4.79 Å². The number of nitrogens with zero attached hydrogens (tertiary/aromatic N) is 2. The van der Waals surface area contributed by atoms with E-state index in [2.05, 4.69) is 16.4 Å². The van der Waals surface area contributed by atoms with Gasteiger partial charge in [-0.2, -0.15) is 0 Å². The van der Waals surface area contributed by atoms with Gasteiger partial charge in [0.25, 0.3) is 5.91 Å². The number of allylic oxidation sites excluding steroid dienone is 1. The van der Waals surface area contributed by atoms with Crippen LogP contribution in [0.5, 0.6) is 0 Å². The molecule has 26 heavy (non-hydrogen) atoms. The second kappa shape index (κ2) is 9.18. The first-order chi connectivity index (χ1) is 12.7. The summed E-state index contributed by atoms with van der Waals surface area (Å²) < 4.78 is 0. The Hall–Kier alpha value is -2.62. The van der Waals surface area contributed by atoms with Gasteiger partial charge in [-0.25, -0.2) is 4.98 Å². The zero-order valence-electron chi connectivity index (χ0n) is 15.4. The third-order valence-corrected chi connectivity index (χ3v) is 4.75. The monoisotopic (exact) mass is 349 g/mol. The van der Waals surface area contributed by atoms with Crippen LogP contribution in [-0.2, 0) is 6.54 Å². The highest BCUT2D eigenvalue weighted by Crippen LogP contribution is 2.20. The van der Waals surface area contributed by atoms with E-state index in [4.69, 9.17) is 0 Å². The number of rotatable bonds is 7. The highest BCUT2D eigenvalue weighted by Gasteiger charge is 2.13. The number of amides is 1. The standard InChI is InChI=1S/C22H27N3O/c1-25(17-19-10-6-3-7-11-19)22(26)20-13-15-24-21(16-20)23-14-12-18-8-4-2-5-9-18/h3,6-8,10-11,13,15-16H,2,4-5,9,12,14,17H2,1H3,(H,23,24). The predicted molar refractivity (Wildman–Crippen MR) is 106 cm³/mol. The molecular formula is C22H27N3O. The van der Waals surface area contributed by atoms with Crippen molar-refractivity contribution in [1.29, 1.82) is 0 Å². The van der Waals surface area contributed by atoms with Gasteiger partial charge in [0.2, 0.25) is 0 Å². The van der Waals surface area contributed by atoms with Crippen molar-refractivity contribution >= 4 is 11.7 Å². The first-order valence-electron chi connectivity index (χ1n) is 9.39. The number of hydrogen-bond donors (Lipinski definition) is 1. The van der Waals surface area contributed by atoms with Gasteiger partial charge in [-0.05, 0) is 49.8 Å². The van der Waals surface area contributed by atoms with Crippen molar-refractivity contribution in [2.45, 2.75) is 38.6 Å². The van der Waals surface area contributed by atoms with Crippen LogP contribution in [0.4, 0.5) is 5.82 Å². The number of nitrogens with one attached hydrogen (secondary N) is 1. The molecule has 136 valence electrons. The largest absolute Gasteiger partial charge is 0.370 e. The topological polar surface area (TPSA) is 45.2 Å². The molecule has 0 bridgehead atoms. The Bertz CT molecular complexity index is 755. The average molecular weight is 349 g/mol. The minimum absolute atomic E-state index is 0.00860. The van der Waals surface area contributed by atoms with E-state index in [1.165, 1.54) is 25.7 Å². The summed E-state index contributed by atoms with van der Waals surface area (Å²) in [7, 11) is 1.83. The Kier molecular flexibility index (Phi) is 6.42. The maximum Gasteiger partial charge on any atom is 0.254 e. The van der Waals surface area contributed by atoms with Crippen LogP contribution in [0.15, 0.2) is 60.3 Å². The molecule has 0 atom stereocenters. The van der Waals surface area contributed by atoms with E-state index in [0.717, 1.165) is 24.3 Å². The van der Waals surface area contributed by atoms with Crippen molar-refractivity contribution in [2.24, 2.45) is 0 Å². The summed E-state index contributed by atoms with van der Waals surface area (Å²) in [4.78, 5) is 18.8. The lowest BCUT2D eigenvalue weighted by Crippen LogP contribution is -2.26. The molecule has 0 saturated carbocycles. The lowest BCUT2D eigenvalue weighted by Gasteiger charge is -2.18. The molecule has 1 heterocycles. The molecule has 0 saturated heterocycles. The van der Waals surface area contributed by atoms with Crippen LogP contribution in [0, 0.1) is 0 Å². The Morgan fingerprint density at radius 3 is 2.81 bits per heavy atom. The fraction of sp³-hybridized carbons (Fsp3) is 0.364. The Morgan fingerprint density at radius 2 is 2.04 bits per heavy atom. The molecule has 1 N–H and O–H groups in total. The second-order valence-electron chi connectivity index (χ2n) is 6.86. The Morgan fingerprint density at radius 1 is 1.19 bits per heavy atom. The fourth-order valence-electron chi connectivity index (χ4n) is 3.29. The number of hydrogen-bond acceptors (Lipinski definition) is 3. The van der Waals surface area contributed by atoms with Gasteiger partial charge in [0.1, 0.15) is 5.82 Å². The normalized spacial score (nSPS) is 13.8. The second-order valence-corrected chi connectivity index (χ2v) is 6.86. The maximum absolute atomic E-state index is 12.7. The lowest BCUT2D eigenvalue weighted by atomic mass is 9.97. The number of carbonyl (C=O) groups excluding carboxylic acids is 1. The van der Waals surface area contributed by atoms with E-state index < -0.39 is 0 Å². The molecule has 1 aromatic carbocycles. The van der Waals surface area contributed by atoms with Crippen LogP contribution in [0.25, 0.3) is 0 Å². The molecule has 2 aromatic rings. The van der Waals surface area contributed by atoms with Crippen LogP contribution in [0.1, 0.15) is 48.0 Å². The molecular weight excluding hydrogens is 322 g/mol. The summed E-state index contributed by atoms with van der Waals surface area (Å²) >= 11 is 0. The molecule has 1 aliphatic carbocycles. The molecule has 0 spiro atoms. The fourth-order valence-corrected chi connectivity index (χ4v) is 3.29. The molecule has 3 rings (SSSR count). The summed E-state index contributed by atoms with van der Waals surface area (Å²) in [6, 6.07) is 13.6. The summed E-state index contributed by atoms with van der Waals surface area (Å²) in [5.41, 5.74) is 3.33. The van der Waals surface area contributed by atoms with Gasteiger partial charge in [-0.1, -0.05) is 42.0 Å². The smallest absolute Gasteiger partial charge is 0.254 e. The van der Waals surface area contributed by atoms with Gasteiger partial charge in [0, 0.05) is 31.9 Å². The van der Waals surface area contributed by atoms with Crippen molar-refractivity contribution in [3.05, 3.63) is 71.4 Å². The quantitative estimate of drug-likeness (QED) is 0.740. The van der Waals surface area contributed by atoms with E-state index in [1.54, 1.807) is 22.7 Å². The summed E-state index contributed by atoms with van der Waals surface area (Å²) in [5, 5.41) is 3.35. The Labute approximate surface area is 155 Å². The van der Waals surface area contributed by atoms with Crippen molar-refractivity contribution in [3.8, 4) is 0 Å². The number of anilines is 1. The molecule has 0 aliphatic heterocycles. The van der Waals surface area contributed by atoms with Crippen LogP contribution < -0.4 is 5.32 Å². The number of benzene rings is 1. The molecule has 4 heteroatoms. The molecule has 1 aliphatic rings. The minimum atomic E-state index is 0.00860. The summed E-state index contributed by atoms with van der Waals surface area (Å²) in [6.45, 7) is 1.45. The first-order valence-corrected chi connectivity index (χ1v) is 9.39. The number of pyridine rings is 1. The minimum Gasteiger partial charge on any atom is -0.370 e. The van der Waals surface area contributed by atoms with Crippen molar-refractivity contribution < 1.29 is 4.79 Å². The Balaban J connectivity index is 1.55. The number of aromatic nitrogens is 1. The van der Waals surface area contributed by atoms with Crippen molar-refractivity contribution in [1.82, 2.24) is 9.88 Å². The van der Waals surface area contributed by atoms with Gasteiger partial charge in [0.15, 0.2) is 0 Å². The van der Waals surface area contributed by atoms with Gasteiger partial charge in [0.05, 0.1) is 0 Å². The molecule has 1 amide bonds. The first kappa shape index (κ1) is 18.2. The van der Waals surface area contributed by atoms with Gasteiger partial charge in [-0.15, -0.1) is 0 Å². The van der Waals surface area contributed by atoms with Gasteiger partial charge < -0.3 is 10.2 Å². The average Bonchev–Trinajstić information content (AvgIpc) is 2.69. The zero-order chi connectivity index (χ0) is 18.2. The number of carbonyl (C=O) groups is 1. The van der Waals surface area contributed by atoms with E-state index in [9.17, 15) is 4.79 Å². The zero-order valence-corrected chi connectivity index (χ0v) is 15.4. The van der Waals surface area contributed by atoms with Crippen molar-refractivity contribution in [3.63, 3.8) is 0 Å². The van der Waals surface area contributed by atoms with E-state index >= 15 is 0 Å². The third kappa shape index (κ3) is 5.19. The van der Waals surface area contributed by atoms with Crippen LogP contribution in [0.2, 0.25) is 0 Å². The van der Waals surface area contributed by atoms with Crippen LogP contribution in [-0.4, -0.2) is 29.4 Å². The highest BCUT2D eigenvalue weighted by atomic mass is 16.2. The van der Waals surface area contributed by atoms with Crippen molar-refractivity contribution in [2.75, 3.05) is 18.9 Å². The molecule has 4 nitrogen and oxygen atoms in total. The van der Waals surface area contributed by atoms with Crippen LogP contribution in [0.3, 0.4) is 0 Å². The molecule has 0 radical (unpaired) electrons. The highest BCUT2D eigenvalue weighted by molar-refractivity contribution is 5.94. The third-order valence-electron chi connectivity index (χ3n) is 4.75. The lowest BCUT2D eigenvalue weighted by molar-refractivity contribution is 0.0785. The van der Waals surface area contributed by atoms with E-state index in [1.807, 2.05) is 43.4 Å². The summed E-state index contributed by atoms with van der Waals surface area (Å²) in [5.74, 6) is 0.773. The molecule has 0 fully saturated rings. The summed E-state index contributed by atoms with van der Waals surface area (Å²) in [6.07, 6.45) is 10.2. The SMILES string of the molecule is CN(Cc1ccccc1)C(=O)c1ccnc(NCCC2=CCCCC2)c1. The van der Waals surface area contributed by atoms with E-state index in [-0.39, 0.29) is 5.91 Å². The molecule has 1 aromatic heterocycles. The van der Waals surface area contributed by atoms with E-state index in [0.29, 0.717) is 12.1 Å². The van der Waals surface area contributed by atoms with Gasteiger partial charge >= 0.3 is 0 Å². The van der Waals surface area contributed by atoms with Crippen LogP contribution >= 0.6 is 0 Å². The predicted octanol–water partition coefficient (Wildman–Crippen LogP) is 4.66. The maximum atomic E-state index is 12.7. The molecule has 0 unspecified atom stereocenters.